The topological polar surface area (TPSA) is 26.3 Å². The molecule has 0 fully saturated rings. The van der Waals surface area contributed by atoms with Crippen LogP contribution >= 0.6 is 0 Å². The summed E-state index contributed by atoms with van der Waals surface area (Å²) in [5.41, 5.74) is 0.794. The predicted molar refractivity (Wildman–Crippen MR) is 73.4 cm³/mol. The van der Waals surface area contributed by atoms with Crippen LogP contribution in [-0.4, -0.2) is 12.6 Å². The van der Waals surface area contributed by atoms with E-state index in [9.17, 15) is 18.0 Å². The third-order valence-corrected chi connectivity index (χ3v) is 3.59. The Morgan fingerprint density at radius 1 is 1.38 bits per heavy atom. The van der Waals surface area contributed by atoms with Gasteiger partial charge in [0, 0.05) is 0 Å². The zero-order valence-electron chi connectivity index (χ0n) is 11.7. The van der Waals surface area contributed by atoms with E-state index in [-0.39, 0.29) is 11.9 Å². The van der Waals surface area contributed by atoms with E-state index in [2.05, 4.69) is 0 Å². The third-order valence-electron chi connectivity index (χ3n) is 3.59. The minimum atomic E-state index is -4.33. The largest absolute Gasteiger partial charge is 0.466 e. The number of allylic oxidation sites excluding steroid dienone is 2. The van der Waals surface area contributed by atoms with Gasteiger partial charge in [-0.2, -0.15) is 13.2 Å². The lowest BCUT2D eigenvalue weighted by Crippen LogP contribution is -2.19. The molecule has 0 N–H and O–H groups in total. The quantitative estimate of drug-likeness (QED) is 0.771. The number of benzene rings is 1. The van der Waals surface area contributed by atoms with Crippen LogP contribution in [0.15, 0.2) is 30.3 Å². The molecule has 1 aliphatic carbocycles. The fourth-order valence-electron chi connectivity index (χ4n) is 2.47. The molecule has 1 aliphatic rings. The van der Waals surface area contributed by atoms with Gasteiger partial charge in [0.1, 0.15) is 0 Å². The van der Waals surface area contributed by atoms with Gasteiger partial charge in [0.05, 0.1) is 18.1 Å². The van der Waals surface area contributed by atoms with Crippen molar-refractivity contribution in [1.29, 1.82) is 0 Å². The molecule has 0 spiro atoms. The fraction of sp³-hybridized carbons (Fsp3) is 0.438. The Bertz CT molecular complexity index is 547. The lowest BCUT2D eigenvalue weighted by Gasteiger charge is -2.21. The van der Waals surface area contributed by atoms with E-state index in [0.29, 0.717) is 31.4 Å². The van der Waals surface area contributed by atoms with Crippen molar-refractivity contribution >= 4 is 11.5 Å². The first-order valence-electron chi connectivity index (χ1n) is 6.95. The second-order valence-corrected chi connectivity index (χ2v) is 5.03. The van der Waals surface area contributed by atoms with Crippen LogP contribution in [0.2, 0.25) is 0 Å². The number of ether oxygens (including phenoxy) is 1. The number of hydrogen-bond donors (Lipinski definition) is 0. The number of hydrogen-bond acceptors (Lipinski definition) is 2. The van der Waals surface area contributed by atoms with Crippen molar-refractivity contribution in [2.24, 2.45) is 5.92 Å². The molecule has 0 saturated heterocycles. The average Bonchev–Trinajstić information content (AvgIpc) is 2.47. The molecule has 1 atom stereocenters. The summed E-state index contributed by atoms with van der Waals surface area (Å²) in [6.07, 6.45) is -0.768. The molecule has 0 saturated carbocycles. The highest BCUT2D eigenvalue weighted by Gasteiger charge is 2.31. The summed E-state index contributed by atoms with van der Waals surface area (Å²) in [6, 6.07) is 5.31. The van der Waals surface area contributed by atoms with Crippen LogP contribution < -0.4 is 0 Å². The van der Waals surface area contributed by atoms with Gasteiger partial charge in [-0.3, -0.25) is 4.79 Å². The minimum Gasteiger partial charge on any atom is -0.466 e. The molecule has 2 rings (SSSR count). The third kappa shape index (κ3) is 3.86. The van der Waals surface area contributed by atoms with Gasteiger partial charge in [0.15, 0.2) is 0 Å². The van der Waals surface area contributed by atoms with Crippen molar-refractivity contribution in [2.75, 3.05) is 6.61 Å². The summed E-state index contributed by atoms with van der Waals surface area (Å²) in [4.78, 5) is 11.6. The number of alkyl halides is 3. The van der Waals surface area contributed by atoms with Gasteiger partial charge in [-0.1, -0.05) is 18.2 Å². The highest BCUT2D eigenvalue weighted by molar-refractivity contribution is 5.75. The maximum atomic E-state index is 12.7. The van der Waals surface area contributed by atoms with Gasteiger partial charge in [-0.25, -0.2) is 0 Å². The molecular formula is C16H17F3O2. The minimum absolute atomic E-state index is 0.181. The molecule has 0 bridgehead atoms. The second kappa shape index (κ2) is 6.33. The molecule has 0 aliphatic heterocycles. The van der Waals surface area contributed by atoms with E-state index >= 15 is 0 Å². The summed E-state index contributed by atoms with van der Waals surface area (Å²) in [5, 5.41) is 0. The van der Waals surface area contributed by atoms with Crippen LogP contribution in [0.1, 0.15) is 37.3 Å². The predicted octanol–water partition coefficient (Wildman–Crippen LogP) is 4.45. The Hall–Kier alpha value is -1.78. The summed E-state index contributed by atoms with van der Waals surface area (Å²) in [7, 11) is 0. The SMILES string of the molecule is CCOC(=O)C1CC=C(c2cccc(C(F)(F)F)c2)CC1. The van der Waals surface area contributed by atoms with Crippen molar-refractivity contribution in [3.63, 3.8) is 0 Å². The highest BCUT2D eigenvalue weighted by Crippen LogP contribution is 2.34. The molecule has 114 valence electrons. The standard InChI is InChI=1S/C16H17F3O2/c1-2-21-15(20)12-8-6-11(7-9-12)13-4-3-5-14(10-13)16(17,18)19/h3-6,10,12H,2,7-9H2,1H3. The van der Waals surface area contributed by atoms with Crippen molar-refractivity contribution < 1.29 is 22.7 Å². The van der Waals surface area contributed by atoms with E-state index in [1.165, 1.54) is 6.07 Å². The van der Waals surface area contributed by atoms with Crippen LogP contribution in [0.5, 0.6) is 0 Å². The molecule has 1 aromatic rings. The van der Waals surface area contributed by atoms with Crippen LogP contribution in [0.3, 0.4) is 0 Å². The Kier molecular flexibility index (Phi) is 4.70. The van der Waals surface area contributed by atoms with Gasteiger partial charge in [0.25, 0.3) is 0 Å². The first-order chi connectivity index (χ1) is 9.91. The van der Waals surface area contributed by atoms with Crippen LogP contribution in [-0.2, 0) is 15.7 Å². The fourth-order valence-corrected chi connectivity index (χ4v) is 2.47. The van der Waals surface area contributed by atoms with E-state index in [0.717, 1.165) is 17.7 Å². The Morgan fingerprint density at radius 3 is 2.71 bits per heavy atom. The molecule has 0 aromatic heterocycles. The summed E-state index contributed by atoms with van der Waals surface area (Å²) >= 11 is 0. The molecule has 1 aromatic carbocycles. The molecule has 2 nitrogen and oxygen atoms in total. The molecular weight excluding hydrogens is 281 g/mol. The monoisotopic (exact) mass is 298 g/mol. The van der Waals surface area contributed by atoms with Gasteiger partial charge < -0.3 is 4.74 Å². The number of carbonyl (C=O) groups is 1. The first-order valence-corrected chi connectivity index (χ1v) is 6.95. The Morgan fingerprint density at radius 2 is 2.14 bits per heavy atom. The first kappa shape index (κ1) is 15.6. The molecule has 5 heteroatoms. The number of esters is 1. The average molecular weight is 298 g/mol. The summed E-state index contributed by atoms with van der Waals surface area (Å²) < 4.78 is 43.1. The van der Waals surface area contributed by atoms with Crippen LogP contribution in [0.25, 0.3) is 5.57 Å². The van der Waals surface area contributed by atoms with Crippen LogP contribution in [0.4, 0.5) is 13.2 Å². The number of rotatable bonds is 3. The molecule has 0 amide bonds. The maximum absolute atomic E-state index is 12.7. The summed E-state index contributed by atoms with van der Waals surface area (Å²) in [6.45, 7) is 2.10. The highest BCUT2D eigenvalue weighted by atomic mass is 19.4. The number of carbonyl (C=O) groups excluding carboxylic acids is 1. The Labute approximate surface area is 121 Å². The van der Waals surface area contributed by atoms with E-state index in [1.807, 2.05) is 6.08 Å². The van der Waals surface area contributed by atoms with E-state index in [4.69, 9.17) is 4.74 Å². The van der Waals surface area contributed by atoms with Crippen LogP contribution in [0, 0.1) is 5.92 Å². The molecule has 0 heterocycles. The summed E-state index contributed by atoms with van der Waals surface area (Å²) in [5.74, 6) is -0.406. The van der Waals surface area contributed by atoms with Crippen molar-refractivity contribution in [3.8, 4) is 0 Å². The molecule has 0 radical (unpaired) electrons. The maximum Gasteiger partial charge on any atom is 0.416 e. The molecule has 1 unspecified atom stereocenters. The smallest absolute Gasteiger partial charge is 0.416 e. The van der Waals surface area contributed by atoms with Gasteiger partial charge in [-0.15, -0.1) is 0 Å². The van der Waals surface area contributed by atoms with Gasteiger partial charge in [0.2, 0.25) is 0 Å². The van der Waals surface area contributed by atoms with Crippen molar-refractivity contribution in [2.45, 2.75) is 32.4 Å². The zero-order valence-corrected chi connectivity index (χ0v) is 11.7. The molecule has 21 heavy (non-hydrogen) atoms. The van der Waals surface area contributed by atoms with E-state index in [1.54, 1.807) is 13.0 Å². The van der Waals surface area contributed by atoms with Gasteiger partial charge in [-0.05, 0) is 49.5 Å². The van der Waals surface area contributed by atoms with Crippen molar-refractivity contribution in [1.82, 2.24) is 0 Å². The lowest BCUT2D eigenvalue weighted by molar-refractivity contribution is -0.148. The normalized spacial score (nSPS) is 19.0. The lowest BCUT2D eigenvalue weighted by atomic mass is 9.86. The van der Waals surface area contributed by atoms with E-state index < -0.39 is 11.7 Å². The second-order valence-electron chi connectivity index (χ2n) is 5.03. The zero-order chi connectivity index (χ0) is 15.5. The Balaban J connectivity index is 2.12. The van der Waals surface area contributed by atoms with Crippen molar-refractivity contribution in [3.05, 3.63) is 41.5 Å². The van der Waals surface area contributed by atoms with Gasteiger partial charge >= 0.3 is 12.1 Å². The number of halogens is 3.